The number of ether oxygens (including phenoxy) is 4. The highest BCUT2D eigenvalue weighted by Crippen LogP contribution is 2.29. The summed E-state index contributed by atoms with van der Waals surface area (Å²) in [7, 11) is 0. The SMILES string of the molecule is O=C(O)CCOCCOCCOCCOCCNC(=O)CCC(=O)N1Cc2ccccc2/C=C\c2ccccc21. The van der Waals surface area contributed by atoms with E-state index in [2.05, 4.69) is 11.4 Å². The van der Waals surface area contributed by atoms with E-state index in [1.54, 1.807) is 4.90 Å². The maximum atomic E-state index is 13.2. The fraction of sp³-hybridized carbons (Fsp3) is 0.433. The Labute approximate surface area is 234 Å². The number of nitrogens with zero attached hydrogens (tertiary/aromatic N) is 1. The first-order chi connectivity index (χ1) is 19.5. The quantitative estimate of drug-likeness (QED) is 0.270. The zero-order valence-electron chi connectivity index (χ0n) is 22.7. The minimum Gasteiger partial charge on any atom is -0.481 e. The van der Waals surface area contributed by atoms with E-state index < -0.39 is 5.97 Å². The van der Waals surface area contributed by atoms with Crippen molar-refractivity contribution in [1.82, 2.24) is 5.32 Å². The summed E-state index contributed by atoms with van der Waals surface area (Å²) in [6.45, 7) is 3.63. The van der Waals surface area contributed by atoms with Gasteiger partial charge in [-0.05, 0) is 22.8 Å². The highest BCUT2D eigenvalue weighted by atomic mass is 16.6. The minimum atomic E-state index is -0.888. The number of fused-ring (bicyclic) bond motifs is 2. The molecule has 216 valence electrons. The van der Waals surface area contributed by atoms with Gasteiger partial charge in [-0.25, -0.2) is 0 Å². The number of hydrogen-bond acceptors (Lipinski definition) is 7. The highest BCUT2D eigenvalue weighted by molar-refractivity contribution is 5.98. The summed E-state index contributed by atoms with van der Waals surface area (Å²) in [5.74, 6) is -1.19. The van der Waals surface area contributed by atoms with Crippen LogP contribution in [0.15, 0.2) is 48.5 Å². The molecule has 2 N–H and O–H groups in total. The van der Waals surface area contributed by atoms with Crippen molar-refractivity contribution in [3.63, 3.8) is 0 Å². The molecular formula is C30H38N2O8. The average molecular weight is 555 g/mol. The fourth-order valence-electron chi connectivity index (χ4n) is 4.00. The Kier molecular flexibility index (Phi) is 13.9. The lowest BCUT2D eigenvalue weighted by molar-refractivity contribution is -0.138. The minimum absolute atomic E-state index is 0.0192. The van der Waals surface area contributed by atoms with Gasteiger partial charge in [-0.3, -0.25) is 14.4 Å². The molecule has 2 amide bonds. The molecule has 0 atom stereocenters. The van der Waals surface area contributed by atoms with E-state index in [9.17, 15) is 14.4 Å². The summed E-state index contributed by atoms with van der Waals surface area (Å²) < 4.78 is 21.3. The van der Waals surface area contributed by atoms with Crippen molar-refractivity contribution in [2.24, 2.45) is 0 Å². The average Bonchev–Trinajstić information content (AvgIpc) is 2.95. The third-order valence-electron chi connectivity index (χ3n) is 6.07. The van der Waals surface area contributed by atoms with Gasteiger partial charge < -0.3 is 34.3 Å². The van der Waals surface area contributed by atoms with Gasteiger partial charge in [-0.2, -0.15) is 0 Å². The second-order valence-electron chi connectivity index (χ2n) is 9.01. The molecule has 0 saturated heterocycles. The molecule has 40 heavy (non-hydrogen) atoms. The Morgan fingerprint density at radius 1 is 0.700 bits per heavy atom. The molecule has 2 aromatic carbocycles. The van der Waals surface area contributed by atoms with Gasteiger partial charge in [-0.15, -0.1) is 0 Å². The number of carbonyl (C=O) groups is 3. The van der Waals surface area contributed by atoms with Gasteiger partial charge in [0.05, 0.1) is 71.5 Å². The maximum absolute atomic E-state index is 13.2. The number of nitrogens with one attached hydrogen (secondary N) is 1. The molecule has 0 saturated carbocycles. The number of carboxylic acids is 1. The molecule has 2 aromatic rings. The van der Waals surface area contributed by atoms with Gasteiger partial charge in [-0.1, -0.05) is 54.6 Å². The molecule has 0 aliphatic carbocycles. The molecule has 0 aromatic heterocycles. The lowest BCUT2D eigenvalue weighted by Gasteiger charge is -2.27. The van der Waals surface area contributed by atoms with Crippen LogP contribution in [0.3, 0.4) is 0 Å². The van der Waals surface area contributed by atoms with Gasteiger partial charge in [0, 0.05) is 19.4 Å². The smallest absolute Gasteiger partial charge is 0.305 e. The summed E-state index contributed by atoms with van der Waals surface area (Å²) in [4.78, 5) is 37.6. The Bertz CT molecular complexity index is 1120. The third-order valence-corrected chi connectivity index (χ3v) is 6.07. The number of hydrogen-bond donors (Lipinski definition) is 2. The number of rotatable bonds is 18. The van der Waals surface area contributed by atoms with E-state index >= 15 is 0 Å². The number of para-hydroxylation sites is 1. The number of amides is 2. The van der Waals surface area contributed by atoms with Gasteiger partial charge in [0.1, 0.15) is 0 Å². The number of carbonyl (C=O) groups excluding carboxylic acids is 2. The van der Waals surface area contributed by atoms with Gasteiger partial charge in [0.15, 0.2) is 0 Å². The number of carboxylic acid groups (broad SMARTS) is 1. The summed E-state index contributed by atoms with van der Waals surface area (Å²) in [6, 6.07) is 15.8. The van der Waals surface area contributed by atoms with E-state index in [1.165, 1.54) is 0 Å². The first-order valence-corrected chi connectivity index (χ1v) is 13.5. The van der Waals surface area contributed by atoms with Crippen LogP contribution < -0.4 is 10.2 Å². The van der Waals surface area contributed by atoms with Crippen LogP contribution in [0.1, 0.15) is 36.0 Å². The van der Waals surface area contributed by atoms with Crippen molar-refractivity contribution in [3.05, 3.63) is 65.2 Å². The van der Waals surface area contributed by atoms with Gasteiger partial charge in [0.2, 0.25) is 11.8 Å². The summed E-state index contributed by atoms with van der Waals surface area (Å²) in [6.07, 6.45) is 4.28. The van der Waals surface area contributed by atoms with Crippen molar-refractivity contribution in [2.75, 3.05) is 64.3 Å². The summed E-state index contributed by atoms with van der Waals surface area (Å²) >= 11 is 0. The van der Waals surface area contributed by atoms with E-state index in [-0.39, 0.29) is 37.7 Å². The van der Waals surface area contributed by atoms with Crippen LogP contribution in [0, 0.1) is 0 Å². The molecule has 1 aliphatic heterocycles. The topological polar surface area (TPSA) is 124 Å². The molecule has 0 bridgehead atoms. The van der Waals surface area contributed by atoms with E-state index in [1.807, 2.05) is 54.6 Å². The van der Waals surface area contributed by atoms with Gasteiger partial charge >= 0.3 is 5.97 Å². The molecule has 10 nitrogen and oxygen atoms in total. The lowest BCUT2D eigenvalue weighted by atomic mass is 10.0. The molecule has 3 rings (SSSR count). The predicted molar refractivity (Wildman–Crippen MR) is 151 cm³/mol. The second-order valence-corrected chi connectivity index (χ2v) is 9.01. The first-order valence-electron chi connectivity index (χ1n) is 13.5. The monoisotopic (exact) mass is 554 g/mol. The van der Waals surface area contributed by atoms with Crippen molar-refractivity contribution in [1.29, 1.82) is 0 Å². The Hall–Kier alpha value is -3.57. The van der Waals surface area contributed by atoms with E-state index in [4.69, 9.17) is 24.1 Å². The van der Waals surface area contributed by atoms with Crippen LogP contribution in [0.2, 0.25) is 0 Å². The molecule has 10 heteroatoms. The van der Waals surface area contributed by atoms with E-state index in [0.29, 0.717) is 59.3 Å². The normalized spacial score (nSPS) is 13.1. The highest BCUT2D eigenvalue weighted by Gasteiger charge is 2.21. The van der Waals surface area contributed by atoms with Crippen LogP contribution in [0.25, 0.3) is 12.2 Å². The molecule has 0 unspecified atom stereocenters. The Morgan fingerprint density at radius 2 is 1.27 bits per heavy atom. The van der Waals surface area contributed by atoms with Gasteiger partial charge in [0.25, 0.3) is 0 Å². The second kappa shape index (κ2) is 17.9. The summed E-state index contributed by atoms with van der Waals surface area (Å²) in [5.41, 5.74) is 3.92. The number of anilines is 1. The maximum Gasteiger partial charge on any atom is 0.305 e. The third kappa shape index (κ3) is 11.3. The zero-order valence-corrected chi connectivity index (χ0v) is 22.7. The first kappa shape index (κ1) is 31.0. The Balaban J connectivity index is 1.25. The molecule has 0 fully saturated rings. The molecule has 0 radical (unpaired) electrons. The summed E-state index contributed by atoms with van der Waals surface area (Å²) in [5, 5.41) is 11.3. The number of benzene rings is 2. The van der Waals surface area contributed by atoms with Crippen LogP contribution in [0.4, 0.5) is 5.69 Å². The van der Waals surface area contributed by atoms with Crippen LogP contribution in [0.5, 0.6) is 0 Å². The van der Waals surface area contributed by atoms with Crippen LogP contribution >= 0.6 is 0 Å². The molecular weight excluding hydrogens is 516 g/mol. The van der Waals surface area contributed by atoms with Crippen molar-refractivity contribution >= 4 is 35.6 Å². The molecule has 1 aliphatic rings. The Morgan fingerprint density at radius 3 is 1.98 bits per heavy atom. The predicted octanol–water partition coefficient (Wildman–Crippen LogP) is 3.14. The molecule has 1 heterocycles. The van der Waals surface area contributed by atoms with Crippen molar-refractivity contribution in [3.8, 4) is 0 Å². The van der Waals surface area contributed by atoms with Crippen molar-refractivity contribution < 1.29 is 38.4 Å². The standard InChI is InChI=1S/C30H38N2O8/c33-28(31-14-16-38-18-20-40-22-21-39-19-17-37-15-13-30(35)36)11-12-29(34)32-23-26-7-2-1-5-24(26)9-10-25-6-3-4-8-27(25)32/h1-10H,11-23H2,(H,31,33)(H,35,36)/b10-9-. The van der Waals surface area contributed by atoms with Crippen LogP contribution in [-0.2, 0) is 39.9 Å². The number of aliphatic carboxylic acids is 1. The molecule has 0 spiro atoms. The zero-order chi connectivity index (χ0) is 28.4. The van der Waals surface area contributed by atoms with Crippen LogP contribution in [-0.4, -0.2) is 82.3 Å². The van der Waals surface area contributed by atoms with Crippen molar-refractivity contribution in [2.45, 2.75) is 25.8 Å². The lowest BCUT2D eigenvalue weighted by Crippen LogP contribution is -2.33. The largest absolute Gasteiger partial charge is 0.481 e. The fourth-order valence-corrected chi connectivity index (χ4v) is 4.00. The van der Waals surface area contributed by atoms with E-state index in [0.717, 1.165) is 22.4 Å².